The molecule has 2 heterocycles. The van der Waals surface area contributed by atoms with Crippen LogP contribution in [0.2, 0.25) is 5.02 Å². The fourth-order valence-electron chi connectivity index (χ4n) is 3.15. The van der Waals surface area contributed by atoms with E-state index in [0.29, 0.717) is 0 Å². The van der Waals surface area contributed by atoms with E-state index in [4.69, 9.17) is 16.3 Å². The topological polar surface area (TPSA) is 63.7 Å². The Kier molecular flexibility index (Phi) is 6.91. The van der Waals surface area contributed by atoms with Crippen molar-refractivity contribution in [3.8, 4) is 11.6 Å². The van der Waals surface area contributed by atoms with Gasteiger partial charge in [-0.15, -0.1) is 0 Å². The van der Waals surface area contributed by atoms with Crippen LogP contribution in [0.5, 0.6) is 11.6 Å². The number of anilines is 1. The summed E-state index contributed by atoms with van der Waals surface area (Å²) in [5, 5.41) is 2.77. The molecular weight excluding hydrogens is 423 g/mol. The lowest BCUT2D eigenvalue weighted by molar-refractivity contribution is -0.154. The molecule has 30 heavy (non-hydrogen) atoms. The minimum absolute atomic E-state index is 0.0214. The molecule has 1 aromatic carbocycles. The molecule has 0 spiro atoms. The van der Waals surface area contributed by atoms with E-state index in [-0.39, 0.29) is 28.4 Å². The molecule has 0 atom stereocenters. The normalized spacial score (nSPS) is 15.0. The average molecular weight is 444 g/mol. The number of amides is 1. The third-order valence-corrected chi connectivity index (χ3v) is 4.98. The second kappa shape index (κ2) is 9.42. The van der Waals surface area contributed by atoms with Gasteiger partial charge in [-0.3, -0.25) is 4.79 Å². The number of halogens is 4. The third-order valence-electron chi connectivity index (χ3n) is 4.71. The predicted octanol–water partition coefficient (Wildman–Crippen LogP) is 4.08. The lowest BCUT2D eigenvalue weighted by atomic mass is 10.0. The monoisotopic (exact) mass is 443 g/mol. The SMILES string of the molecule is COc1ccc(N2CCC(NC(=O)c3cnc(OCC(F)(F)F)c(Cl)c3)CC2)cc1. The first-order valence-corrected chi connectivity index (χ1v) is 9.68. The van der Waals surface area contributed by atoms with Crippen LogP contribution in [-0.2, 0) is 0 Å². The minimum Gasteiger partial charge on any atom is -0.497 e. The minimum atomic E-state index is -4.50. The van der Waals surface area contributed by atoms with Gasteiger partial charge in [0.05, 0.1) is 12.7 Å². The van der Waals surface area contributed by atoms with Crippen LogP contribution >= 0.6 is 11.6 Å². The van der Waals surface area contributed by atoms with Gasteiger partial charge in [0.1, 0.15) is 10.8 Å². The maximum absolute atomic E-state index is 12.5. The second-order valence-electron chi connectivity index (χ2n) is 6.85. The number of pyridine rings is 1. The van der Waals surface area contributed by atoms with Crippen LogP contribution in [-0.4, -0.2) is 49.9 Å². The Morgan fingerprint density at radius 2 is 1.93 bits per heavy atom. The molecule has 1 amide bonds. The van der Waals surface area contributed by atoms with Gasteiger partial charge in [-0.05, 0) is 43.2 Å². The molecule has 1 N–H and O–H groups in total. The molecule has 162 valence electrons. The Balaban J connectivity index is 1.52. The molecule has 0 saturated carbocycles. The molecule has 3 rings (SSSR count). The Hall–Kier alpha value is -2.68. The fraction of sp³-hybridized carbons (Fsp3) is 0.400. The maximum Gasteiger partial charge on any atom is 0.422 e. The van der Waals surface area contributed by atoms with Crippen LogP contribution in [0.1, 0.15) is 23.2 Å². The first-order chi connectivity index (χ1) is 14.2. The molecule has 0 unspecified atom stereocenters. The lowest BCUT2D eigenvalue weighted by Crippen LogP contribution is -2.44. The van der Waals surface area contributed by atoms with E-state index in [2.05, 4.69) is 19.9 Å². The number of carbonyl (C=O) groups is 1. The number of piperidine rings is 1. The van der Waals surface area contributed by atoms with Gasteiger partial charge in [0.15, 0.2) is 6.61 Å². The highest BCUT2D eigenvalue weighted by Crippen LogP contribution is 2.26. The van der Waals surface area contributed by atoms with Crippen molar-refractivity contribution in [3.63, 3.8) is 0 Å². The molecule has 1 saturated heterocycles. The zero-order valence-corrected chi connectivity index (χ0v) is 17.0. The highest BCUT2D eigenvalue weighted by atomic mass is 35.5. The number of alkyl halides is 3. The summed E-state index contributed by atoms with van der Waals surface area (Å²) in [5.41, 5.74) is 1.25. The number of hydrogen-bond acceptors (Lipinski definition) is 5. The smallest absolute Gasteiger partial charge is 0.422 e. The third kappa shape index (κ3) is 5.91. The van der Waals surface area contributed by atoms with E-state index in [1.165, 1.54) is 6.07 Å². The molecule has 0 bridgehead atoms. The van der Waals surface area contributed by atoms with E-state index in [0.717, 1.165) is 43.6 Å². The number of ether oxygens (including phenoxy) is 2. The van der Waals surface area contributed by atoms with E-state index in [9.17, 15) is 18.0 Å². The lowest BCUT2D eigenvalue weighted by Gasteiger charge is -2.34. The van der Waals surface area contributed by atoms with Gasteiger partial charge >= 0.3 is 6.18 Å². The van der Waals surface area contributed by atoms with Gasteiger partial charge in [-0.2, -0.15) is 13.2 Å². The van der Waals surface area contributed by atoms with Gasteiger partial charge in [-0.1, -0.05) is 11.6 Å². The Bertz CT molecular complexity index is 870. The molecule has 0 aliphatic carbocycles. The Morgan fingerprint density at radius 1 is 1.27 bits per heavy atom. The van der Waals surface area contributed by atoms with E-state index >= 15 is 0 Å². The molecule has 0 radical (unpaired) electrons. The van der Waals surface area contributed by atoms with Gasteiger partial charge in [0, 0.05) is 31.0 Å². The number of carbonyl (C=O) groups excluding carboxylic acids is 1. The van der Waals surface area contributed by atoms with Gasteiger partial charge < -0.3 is 19.7 Å². The molecule has 1 aliphatic rings. The summed E-state index contributed by atoms with van der Waals surface area (Å²) in [5.74, 6) is 0.0519. The standard InChI is InChI=1S/C20H21ClF3N3O3/c1-29-16-4-2-15(3-5-16)27-8-6-14(7-9-27)26-18(28)13-10-17(21)19(25-11-13)30-12-20(22,23)24/h2-5,10-11,14H,6-9,12H2,1H3,(H,26,28). The van der Waals surface area contributed by atoms with Crippen molar-refractivity contribution in [1.82, 2.24) is 10.3 Å². The van der Waals surface area contributed by atoms with Gasteiger partial charge in [0.2, 0.25) is 5.88 Å². The first-order valence-electron chi connectivity index (χ1n) is 9.30. The van der Waals surface area contributed by atoms with E-state index in [1.54, 1.807) is 7.11 Å². The highest BCUT2D eigenvalue weighted by molar-refractivity contribution is 6.32. The summed E-state index contributed by atoms with van der Waals surface area (Å²) >= 11 is 5.90. The van der Waals surface area contributed by atoms with Crippen LogP contribution < -0.4 is 19.7 Å². The predicted molar refractivity (Wildman–Crippen MR) is 106 cm³/mol. The second-order valence-corrected chi connectivity index (χ2v) is 7.25. The van der Waals surface area contributed by atoms with Crippen LogP contribution in [0.25, 0.3) is 0 Å². The number of nitrogens with zero attached hydrogens (tertiary/aromatic N) is 2. The van der Waals surface area contributed by atoms with Crippen LogP contribution in [0, 0.1) is 0 Å². The van der Waals surface area contributed by atoms with Crippen molar-refractivity contribution in [2.45, 2.75) is 25.1 Å². The maximum atomic E-state index is 12.5. The molecule has 10 heteroatoms. The van der Waals surface area contributed by atoms with Crippen molar-refractivity contribution < 1.29 is 27.4 Å². The van der Waals surface area contributed by atoms with Crippen molar-refractivity contribution in [2.75, 3.05) is 31.7 Å². The molecule has 1 fully saturated rings. The van der Waals surface area contributed by atoms with Gasteiger partial charge in [0.25, 0.3) is 5.91 Å². The summed E-state index contributed by atoms with van der Waals surface area (Å²) in [6.07, 6.45) is -1.83. The van der Waals surface area contributed by atoms with Crippen molar-refractivity contribution in [1.29, 1.82) is 0 Å². The number of nitrogens with one attached hydrogen (secondary N) is 1. The van der Waals surface area contributed by atoms with Crippen molar-refractivity contribution >= 4 is 23.2 Å². The number of benzene rings is 1. The summed E-state index contributed by atoms with van der Waals surface area (Å²) in [7, 11) is 1.62. The summed E-state index contributed by atoms with van der Waals surface area (Å²) < 4.78 is 46.4. The largest absolute Gasteiger partial charge is 0.497 e. The number of hydrogen-bond donors (Lipinski definition) is 1. The molecular formula is C20H21ClF3N3O3. The van der Waals surface area contributed by atoms with E-state index < -0.39 is 12.8 Å². The first kappa shape index (κ1) is 22.0. The Morgan fingerprint density at radius 3 is 2.50 bits per heavy atom. The quantitative estimate of drug-likeness (QED) is 0.728. The number of aromatic nitrogens is 1. The molecule has 6 nitrogen and oxygen atoms in total. The molecule has 2 aromatic rings. The number of rotatable bonds is 6. The Labute approximate surface area is 176 Å². The molecule has 1 aromatic heterocycles. The number of methoxy groups -OCH3 is 1. The van der Waals surface area contributed by atoms with Crippen molar-refractivity contribution in [3.05, 3.63) is 47.1 Å². The van der Waals surface area contributed by atoms with Crippen LogP contribution in [0.15, 0.2) is 36.5 Å². The summed E-state index contributed by atoms with van der Waals surface area (Å²) in [6, 6.07) is 9.03. The summed E-state index contributed by atoms with van der Waals surface area (Å²) in [4.78, 5) is 18.4. The summed E-state index contributed by atoms with van der Waals surface area (Å²) in [6.45, 7) is 0.0546. The highest BCUT2D eigenvalue weighted by Gasteiger charge is 2.29. The zero-order chi connectivity index (χ0) is 21.7. The van der Waals surface area contributed by atoms with Crippen LogP contribution in [0.3, 0.4) is 0 Å². The average Bonchev–Trinajstić information content (AvgIpc) is 2.73. The fourth-order valence-corrected chi connectivity index (χ4v) is 3.37. The van der Waals surface area contributed by atoms with Gasteiger partial charge in [-0.25, -0.2) is 4.98 Å². The van der Waals surface area contributed by atoms with Crippen LogP contribution in [0.4, 0.5) is 18.9 Å². The van der Waals surface area contributed by atoms with E-state index in [1.807, 2.05) is 24.3 Å². The van der Waals surface area contributed by atoms with Crippen molar-refractivity contribution in [2.24, 2.45) is 0 Å². The molecule has 1 aliphatic heterocycles. The zero-order valence-electron chi connectivity index (χ0n) is 16.2.